The molecule has 1 saturated carbocycles. The van der Waals surface area contributed by atoms with Crippen molar-refractivity contribution in [3.8, 4) is 0 Å². The van der Waals surface area contributed by atoms with Gasteiger partial charge in [-0.1, -0.05) is 12.8 Å². The van der Waals surface area contributed by atoms with E-state index in [1.807, 2.05) is 11.6 Å². The average Bonchev–Trinajstić information content (AvgIpc) is 3.12. The standard InChI is InChI=1S/C15H23N5/c1-11-15(9-16)12(2)20(17-11)10-13-7-8-19(18-13)14-5-3-4-6-14/h7-8,14H,3-6,9-10,16H2,1-2H3. The highest BCUT2D eigenvalue weighted by Crippen LogP contribution is 2.28. The summed E-state index contributed by atoms with van der Waals surface area (Å²) in [5.41, 5.74) is 10.2. The maximum atomic E-state index is 5.77. The van der Waals surface area contributed by atoms with Crippen LogP contribution in [0.2, 0.25) is 0 Å². The molecule has 3 rings (SSSR count). The Bertz CT molecular complexity index is 589. The number of aromatic nitrogens is 4. The molecule has 0 saturated heterocycles. The van der Waals surface area contributed by atoms with Crippen molar-refractivity contribution in [3.63, 3.8) is 0 Å². The van der Waals surface area contributed by atoms with Gasteiger partial charge in [-0.3, -0.25) is 9.36 Å². The van der Waals surface area contributed by atoms with E-state index < -0.39 is 0 Å². The van der Waals surface area contributed by atoms with Gasteiger partial charge in [-0.2, -0.15) is 10.2 Å². The van der Waals surface area contributed by atoms with Crippen LogP contribution >= 0.6 is 0 Å². The summed E-state index contributed by atoms with van der Waals surface area (Å²) in [7, 11) is 0. The SMILES string of the molecule is Cc1nn(Cc2ccn(C3CCCC3)n2)c(C)c1CN. The largest absolute Gasteiger partial charge is 0.326 e. The molecule has 0 atom stereocenters. The Kier molecular flexibility index (Phi) is 3.61. The van der Waals surface area contributed by atoms with Gasteiger partial charge in [0.1, 0.15) is 0 Å². The lowest BCUT2D eigenvalue weighted by Gasteiger charge is -2.09. The fourth-order valence-electron chi connectivity index (χ4n) is 3.17. The summed E-state index contributed by atoms with van der Waals surface area (Å²) in [6.45, 7) is 5.37. The van der Waals surface area contributed by atoms with Crippen LogP contribution in [0.15, 0.2) is 12.3 Å². The molecular formula is C15H23N5. The molecule has 2 N–H and O–H groups in total. The average molecular weight is 273 g/mol. The van der Waals surface area contributed by atoms with Crippen molar-refractivity contribution in [3.05, 3.63) is 34.9 Å². The Balaban J connectivity index is 1.78. The van der Waals surface area contributed by atoms with Gasteiger partial charge in [0.2, 0.25) is 0 Å². The van der Waals surface area contributed by atoms with Gasteiger partial charge >= 0.3 is 0 Å². The van der Waals surface area contributed by atoms with Crippen LogP contribution in [0.25, 0.3) is 0 Å². The molecule has 20 heavy (non-hydrogen) atoms. The fraction of sp³-hybridized carbons (Fsp3) is 0.600. The Morgan fingerprint density at radius 2 is 2.00 bits per heavy atom. The summed E-state index contributed by atoms with van der Waals surface area (Å²) >= 11 is 0. The summed E-state index contributed by atoms with van der Waals surface area (Å²) in [6, 6.07) is 2.71. The van der Waals surface area contributed by atoms with Crippen molar-refractivity contribution < 1.29 is 0 Å². The van der Waals surface area contributed by atoms with Gasteiger partial charge in [-0.15, -0.1) is 0 Å². The smallest absolute Gasteiger partial charge is 0.0853 e. The Morgan fingerprint density at radius 3 is 2.65 bits per heavy atom. The van der Waals surface area contributed by atoms with Crippen LogP contribution in [-0.2, 0) is 13.1 Å². The van der Waals surface area contributed by atoms with Gasteiger partial charge in [0.05, 0.1) is 24.0 Å². The molecular weight excluding hydrogens is 250 g/mol. The highest BCUT2D eigenvalue weighted by Gasteiger charge is 2.18. The lowest BCUT2D eigenvalue weighted by molar-refractivity contribution is 0.460. The second kappa shape index (κ2) is 5.40. The molecule has 1 aliphatic carbocycles. The number of aryl methyl sites for hydroxylation is 1. The van der Waals surface area contributed by atoms with Crippen molar-refractivity contribution >= 4 is 0 Å². The minimum atomic E-state index is 0.550. The van der Waals surface area contributed by atoms with E-state index in [9.17, 15) is 0 Å². The first-order valence-electron chi connectivity index (χ1n) is 7.46. The van der Waals surface area contributed by atoms with E-state index in [1.54, 1.807) is 0 Å². The predicted molar refractivity (Wildman–Crippen MR) is 78.4 cm³/mol. The number of hydrogen-bond donors (Lipinski definition) is 1. The normalized spacial score (nSPS) is 16.1. The topological polar surface area (TPSA) is 61.7 Å². The second-order valence-electron chi connectivity index (χ2n) is 5.74. The molecule has 2 heterocycles. The third-order valence-corrected chi connectivity index (χ3v) is 4.41. The molecule has 5 heteroatoms. The monoisotopic (exact) mass is 273 g/mol. The van der Waals surface area contributed by atoms with E-state index in [1.165, 1.54) is 25.7 Å². The predicted octanol–water partition coefficient (Wildman–Crippen LogP) is 2.32. The van der Waals surface area contributed by atoms with Crippen molar-refractivity contribution in [2.24, 2.45) is 5.73 Å². The van der Waals surface area contributed by atoms with Gasteiger partial charge in [0.15, 0.2) is 0 Å². The molecule has 1 aliphatic rings. The summed E-state index contributed by atoms with van der Waals surface area (Å²) < 4.78 is 4.15. The molecule has 2 aromatic heterocycles. The fourth-order valence-corrected chi connectivity index (χ4v) is 3.17. The quantitative estimate of drug-likeness (QED) is 0.930. The summed E-state index contributed by atoms with van der Waals surface area (Å²) in [6.07, 6.45) is 7.30. The van der Waals surface area contributed by atoms with Crippen molar-refractivity contribution in [2.45, 2.75) is 58.7 Å². The molecule has 5 nitrogen and oxygen atoms in total. The summed E-state index contributed by atoms with van der Waals surface area (Å²) in [5.74, 6) is 0. The first kappa shape index (κ1) is 13.4. The van der Waals surface area contributed by atoms with E-state index >= 15 is 0 Å². The highest BCUT2D eigenvalue weighted by molar-refractivity contribution is 5.24. The molecule has 0 amide bonds. The minimum Gasteiger partial charge on any atom is -0.326 e. The summed E-state index contributed by atoms with van der Waals surface area (Å²) in [5, 5.41) is 9.29. The first-order chi connectivity index (χ1) is 9.69. The van der Waals surface area contributed by atoms with E-state index in [4.69, 9.17) is 10.8 Å². The Morgan fingerprint density at radius 1 is 1.25 bits per heavy atom. The minimum absolute atomic E-state index is 0.550. The van der Waals surface area contributed by atoms with Crippen LogP contribution < -0.4 is 5.73 Å². The zero-order chi connectivity index (χ0) is 14.1. The zero-order valence-corrected chi connectivity index (χ0v) is 12.3. The number of nitrogens with two attached hydrogens (primary N) is 1. The maximum absolute atomic E-state index is 5.77. The van der Waals surface area contributed by atoms with Crippen molar-refractivity contribution in [1.82, 2.24) is 19.6 Å². The number of hydrogen-bond acceptors (Lipinski definition) is 3. The second-order valence-corrected chi connectivity index (χ2v) is 5.74. The van der Waals surface area contributed by atoms with Crippen molar-refractivity contribution in [1.29, 1.82) is 0 Å². The first-order valence-corrected chi connectivity index (χ1v) is 7.46. The summed E-state index contributed by atoms with van der Waals surface area (Å²) in [4.78, 5) is 0. The maximum Gasteiger partial charge on any atom is 0.0853 e. The lowest BCUT2D eigenvalue weighted by Crippen LogP contribution is -2.09. The highest BCUT2D eigenvalue weighted by atomic mass is 15.3. The molecule has 2 aromatic rings. The molecule has 0 radical (unpaired) electrons. The lowest BCUT2D eigenvalue weighted by atomic mass is 10.2. The van der Waals surface area contributed by atoms with Gasteiger partial charge < -0.3 is 5.73 Å². The Hall–Kier alpha value is -1.62. The molecule has 0 bridgehead atoms. The third-order valence-electron chi connectivity index (χ3n) is 4.41. The van der Waals surface area contributed by atoms with E-state index in [0.717, 1.165) is 29.2 Å². The van der Waals surface area contributed by atoms with E-state index in [-0.39, 0.29) is 0 Å². The van der Waals surface area contributed by atoms with Crippen LogP contribution in [0.5, 0.6) is 0 Å². The van der Waals surface area contributed by atoms with E-state index in [2.05, 4.69) is 29.0 Å². The third kappa shape index (κ3) is 2.38. The van der Waals surface area contributed by atoms with Gasteiger partial charge in [0.25, 0.3) is 0 Å². The van der Waals surface area contributed by atoms with Crippen molar-refractivity contribution in [2.75, 3.05) is 0 Å². The van der Waals surface area contributed by atoms with Gasteiger partial charge in [-0.05, 0) is 32.8 Å². The van der Waals surface area contributed by atoms with Crippen LogP contribution in [0.1, 0.15) is 54.4 Å². The molecule has 0 unspecified atom stereocenters. The number of nitrogens with zero attached hydrogens (tertiary/aromatic N) is 4. The van der Waals surface area contributed by atoms with Crippen LogP contribution in [-0.4, -0.2) is 19.6 Å². The molecule has 0 aromatic carbocycles. The molecule has 1 fully saturated rings. The van der Waals surface area contributed by atoms with Crippen LogP contribution in [0, 0.1) is 13.8 Å². The van der Waals surface area contributed by atoms with Crippen LogP contribution in [0.4, 0.5) is 0 Å². The van der Waals surface area contributed by atoms with Gasteiger partial charge in [-0.25, -0.2) is 0 Å². The Labute approximate surface area is 119 Å². The van der Waals surface area contributed by atoms with Gasteiger partial charge in [0, 0.05) is 24.0 Å². The van der Waals surface area contributed by atoms with E-state index in [0.29, 0.717) is 12.6 Å². The number of rotatable bonds is 4. The molecule has 0 spiro atoms. The van der Waals surface area contributed by atoms with Crippen LogP contribution in [0.3, 0.4) is 0 Å². The zero-order valence-electron chi connectivity index (χ0n) is 12.3. The molecule has 0 aliphatic heterocycles. The molecule has 108 valence electrons.